The topological polar surface area (TPSA) is 55.4 Å². The van der Waals surface area contributed by atoms with Crippen LogP contribution in [0.15, 0.2) is 12.2 Å². The summed E-state index contributed by atoms with van der Waals surface area (Å²) in [6, 6.07) is 0. The number of rotatable bonds is 4. The highest BCUT2D eigenvalue weighted by molar-refractivity contribution is 6.01. The number of hydrogen-bond acceptors (Lipinski definition) is 3. The molecule has 2 fully saturated rings. The van der Waals surface area contributed by atoms with Crippen molar-refractivity contribution in [3.8, 4) is 0 Å². The van der Waals surface area contributed by atoms with Gasteiger partial charge in [0.05, 0.1) is 5.92 Å². The number of esters is 1. The predicted molar refractivity (Wildman–Crippen MR) is 79.4 cm³/mol. The van der Waals surface area contributed by atoms with Crippen molar-refractivity contribution in [2.24, 2.45) is 17.8 Å². The van der Waals surface area contributed by atoms with E-state index in [9.17, 15) is 9.59 Å². The van der Waals surface area contributed by atoms with E-state index in [0.29, 0.717) is 5.92 Å². The maximum absolute atomic E-state index is 12.4. The highest BCUT2D eigenvalue weighted by Gasteiger charge is 2.78. The van der Waals surface area contributed by atoms with Gasteiger partial charge in [-0.15, -0.1) is 0 Å². The average molecular weight is 291 g/mol. The maximum atomic E-state index is 12.4. The highest BCUT2D eigenvalue weighted by atomic mass is 16.6. The second-order valence-corrected chi connectivity index (χ2v) is 6.95. The Morgan fingerprint density at radius 3 is 2.81 bits per heavy atom. The number of nitrogens with one attached hydrogen (secondary N) is 1. The fraction of sp³-hybridized carbons (Fsp3) is 0.765. The molecule has 0 aromatic heterocycles. The molecule has 4 nitrogen and oxygen atoms in total. The lowest BCUT2D eigenvalue weighted by molar-refractivity contribution is -0.230. The molecular formula is C17H25NO3. The number of ether oxygens (including phenoxy) is 1. The molecule has 0 saturated carbocycles. The fourth-order valence-corrected chi connectivity index (χ4v) is 4.59. The zero-order valence-electron chi connectivity index (χ0n) is 13.1. The number of carbonyl (C=O) groups excluding carboxylic acids is 2. The molecule has 1 aliphatic carbocycles. The number of carbonyl (C=O) groups is 2. The normalized spacial score (nSPS) is 42.8. The first kappa shape index (κ1) is 14.6. The first-order valence-corrected chi connectivity index (χ1v) is 8.19. The molecule has 0 radical (unpaired) electrons. The van der Waals surface area contributed by atoms with Crippen LogP contribution in [0.1, 0.15) is 52.9 Å². The molecule has 0 aromatic rings. The first-order chi connectivity index (χ1) is 9.97. The fourth-order valence-electron chi connectivity index (χ4n) is 4.59. The summed E-state index contributed by atoms with van der Waals surface area (Å²) >= 11 is 0. The van der Waals surface area contributed by atoms with Gasteiger partial charge >= 0.3 is 5.97 Å². The van der Waals surface area contributed by atoms with Crippen LogP contribution < -0.4 is 5.32 Å². The second kappa shape index (κ2) is 4.85. The molecule has 2 heterocycles. The van der Waals surface area contributed by atoms with Gasteiger partial charge in [-0.2, -0.15) is 0 Å². The minimum absolute atomic E-state index is 0.0168. The zero-order chi connectivity index (χ0) is 15.3. The summed E-state index contributed by atoms with van der Waals surface area (Å²) in [4.78, 5) is 24.8. The minimum atomic E-state index is -0.823. The van der Waals surface area contributed by atoms with E-state index in [1.807, 2.05) is 6.92 Å². The van der Waals surface area contributed by atoms with Crippen LogP contribution in [-0.2, 0) is 14.3 Å². The third-order valence-electron chi connectivity index (χ3n) is 5.91. The standard InChI is InChI=1S/C17H25NO3/c1-4-8-13-14(19)18-17(15(20)21-16(13,17)3)11(2)12-9-6-5-7-10-12/h6,9,11-13H,4-5,7-8,10H2,1-3H3,(H,18,19)/t11-,12+,13-,16-,17-/m0/s1. The van der Waals surface area contributed by atoms with Gasteiger partial charge in [0.25, 0.3) is 0 Å². The van der Waals surface area contributed by atoms with Crippen molar-refractivity contribution < 1.29 is 14.3 Å². The molecule has 0 aromatic carbocycles. The second-order valence-electron chi connectivity index (χ2n) is 6.95. The van der Waals surface area contributed by atoms with Crippen molar-refractivity contribution in [2.75, 3.05) is 0 Å². The Morgan fingerprint density at radius 2 is 2.24 bits per heavy atom. The Morgan fingerprint density at radius 1 is 1.48 bits per heavy atom. The summed E-state index contributed by atoms with van der Waals surface area (Å²) in [5, 5.41) is 3.04. The Labute approximate surface area is 126 Å². The Balaban J connectivity index is 1.94. The van der Waals surface area contributed by atoms with Gasteiger partial charge in [-0.25, -0.2) is 4.79 Å². The molecule has 0 bridgehead atoms. The molecule has 1 amide bonds. The van der Waals surface area contributed by atoms with E-state index in [2.05, 4.69) is 31.3 Å². The van der Waals surface area contributed by atoms with Crippen LogP contribution in [0.3, 0.4) is 0 Å². The molecule has 3 rings (SSSR count). The van der Waals surface area contributed by atoms with Gasteiger partial charge in [-0.05, 0) is 38.5 Å². The van der Waals surface area contributed by atoms with Crippen LogP contribution in [-0.4, -0.2) is 23.0 Å². The van der Waals surface area contributed by atoms with Gasteiger partial charge in [0.15, 0.2) is 11.1 Å². The maximum Gasteiger partial charge on any atom is 0.337 e. The largest absolute Gasteiger partial charge is 0.453 e. The summed E-state index contributed by atoms with van der Waals surface area (Å²) in [7, 11) is 0. The monoisotopic (exact) mass is 291 g/mol. The van der Waals surface area contributed by atoms with Crippen LogP contribution in [0.25, 0.3) is 0 Å². The molecule has 21 heavy (non-hydrogen) atoms. The molecular weight excluding hydrogens is 266 g/mol. The van der Waals surface area contributed by atoms with Gasteiger partial charge in [-0.3, -0.25) is 4.79 Å². The molecule has 116 valence electrons. The lowest BCUT2D eigenvalue weighted by atomic mass is 9.61. The van der Waals surface area contributed by atoms with Crippen molar-refractivity contribution in [2.45, 2.75) is 64.0 Å². The number of allylic oxidation sites excluding steroid dienone is 2. The summed E-state index contributed by atoms with van der Waals surface area (Å²) in [5.74, 6) is -0.0619. The van der Waals surface area contributed by atoms with Gasteiger partial charge in [-0.1, -0.05) is 32.4 Å². The third kappa shape index (κ3) is 1.74. The predicted octanol–water partition coefficient (Wildman–Crippen LogP) is 2.58. The Bertz CT molecular complexity index is 500. The Hall–Kier alpha value is -1.32. The minimum Gasteiger partial charge on any atom is -0.453 e. The highest BCUT2D eigenvalue weighted by Crippen LogP contribution is 2.55. The van der Waals surface area contributed by atoms with Crippen LogP contribution in [0.2, 0.25) is 0 Å². The van der Waals surface area contributed by atoms with Gasteiger partial charge in [0.2, 0.25) is 5.91 Å². The molecule has 4 heteroatoms. The number of amides is 1. The van der Waals surface area contributed by atoms with Crippen molar-refractivity contribution in [1.82, 2.24) is 5.32 Å². The molecule has 2 aliphatic heterocycles. The van der Waals surface area contributed by atoms with Gasteiger partial charge in [0.1, 0.15) is 0 Å². The lowest BCUT2D eigenvalue weighted by Crippen LogP contribution is -2.77. The van der Waals surface area contributed by atoms with E-state index in [0.717, 1.165) is 32.1 Å². The van der Waals surface area contributed by atoms with Gasteiger partial charge < -0.3 is 10.1 Å². The summed E-state index contributed by atoms with van der Waals surface area (Å²) in [5.41, 5.74) is -1.50. The van der Waals surface area contributed by atoms with Crippen molar-refractivity contribution in [3.05, 3.63) is 12.2 Å². The summed E-state index contributed by atoms with van der Waals surface area (Å²) in [6.45, 7) is 6.09. The first-order valence-electron chi connectivity index (χ1n) is 8.19. The van der Waals surface area contributed by atoms with Crippen molar-refractivity contribution in [1.29, 1.82) is 0 Å². The van der Waals surface area contributed by atoms with E-state index in [4.69, 9.17) is 4.74 Å². The van der Waals surface area contributed by atoms with E-state index >= 15 is 0 Å². The average Bonchev–Trinajstić information content (AvgIpc) is 2.65. The summed E-state index contributed by atoms with van der Waals surface area (Å²) < 4.78 is 5.56. The summed E-state index contributed by atoms with van der Waals surface area (Å²) in [6.07, 6.45) is 9.44. The number of fused-ring (bicyclic) bond motifs is 1. The lowest BCUT2D eigenvalue weighted by Gasteiger charge is -2.55. The van der Waals surface area contributed by atoms with Crippen LogP contribution in [0.4, 0.5) is 0 Å². The van der Waals surface area contributed by atoms with Crippen molar-refractivity contribution >= 4 is 11.9 Å². The zero-order valence-corrected chi connectivity index (χ0v) is 13.1. The Kier molecular flexibility index (Phi) is 3.38. The van der Waals surface area contributed by atoms with E-state index in [1.165, 1.54) is 0 Å². The quantitative estimate of drug-likeness (QED) is 0.640. The van der Waals surface area contributed by atoms with Crippen LogP contribution >= 0.6 is 0 Å². The van der Waals surface area contributed by atoms with E-state index in [1.54, 1.807) is 0 Å². The smallest absolute Gasteiger partial charge is 0.337 e. The van der Waals surface area contributed by atoms with E-state index in [-0.39, 0.29) is 23.7 Å². The third-order valence-corrected chi connectivity index (χ3v) is 5.91. The van der Waals surface area contributed by atoms with E-state index < -0.39 is 11.1 Å². The van der Waals surface area contributed by atoms with Crippen LogP contribution in [0.5, 0.6) is 0 Å². The SMILES string of the molecule is CCC[C@H]1C(=O)N[C@@]2([C@@H](C)[C@@H]3C=CCCC3)C(=O)O[C@@]12C. The molecule has 3 aliphatic rings. The molecule has 5 atom stereocenters. The number of hydrogen-bond donors (Lipinski definition) is 1. The molecule has 0 spiro atoms. The molecule has 0 unspecified atom stereocenters. The van der Waals surface area contributed by atoms with Crippen molar-refractivity contribution in [3.63, 3.8) is 0 Å². The van der Waals surface area contributed by atoms with Crippen LogP contribution in [0, 0.1) is 17.8 Å². The van der Waals surface area contributed by atoms with Gasteiger partial charge in [0, 0.05) is 5.92 Å². The molecule has 2 saturated heterocycles. The molecule has 1 N–H and O–H groups in total.